The Morgan fingerprint density at radius 1 is 1.15 bits per heavy atom. The van der Waals surface area contributed by atoms with Gasteiger partial charge in [-0.1, -0.05) is 38.5 Å². The van der Waals surface area contributed by atoms with Crippen LogP contribution in [-0.4, -0.2) is 16.2 Å². The van der Waals surface area contributed by atoms with Crippen molar-refractivity contribution < 1.29 is 9.52 Å². The molecule has 0 aliphatic heterocycles. The Morgan fingerprint density at radius 3 is 2.73 bits per heavy atom. The van der Waals surface area contributed by atoms with Gasteiger partial charge in [-0.15, -0.1) is 0 Å². The van der Waals surface area contributed by atoms with E-state index in [2.05, 4.69) is 37.9 Å². The molecule has 0 saturated heterocycles. The molecule has 0 radical (unpaired) electrons. The van der Waals surface area contributed by atoms with Crippen LogP contribution < -0.4 is 0 Å². The highest BCUT2D eigenvalue weighted by Gasteiger charge is 2.58. The third kappa shape index (κ3) is 2.13. The number of hydrogen-bond acceptors (Lipinski definition) is 3. The number of hydrogen-bond donors (Lipinski definition) is 1. The number of fused-ring (bicyclic) bond motifs is 5. The highest BCUT2D eigenvalue weighted by Crippen LogP contribution is 2.67. The minimum absolute atomic E-state index is 0.126. The molecule has 3 nitrogen and oxygen atoms in total. The molecule has 140 valence electrons. The standard InChI is InChI=1S/C23H31NO2/c1-14-10-15-11-16(25)6-8-22(15,2)19-7-9-23(3)17(20-12-26-13-24-20)4-5-18(23)21(14)19/h4,10,12-14,16,18-19,21,25H,5-9,11H2,1-3H3/t14-,16+,18+,19+,21+,22+,23-/m1/s1. The molecule has 0 amide bonds. The molecule has 2 saturated carbocycles. The van der Waals surface area contributed by atoms with Gasteiger partial charge in [0.15, 0.2) is 6.39 Å². The quantitative estimate of drug-likeness (QED) is 0.703. The van der Waals surface area contributed by atoms with Gasteiger partial charge in [0, 0.05) is 0 Å². The first-order chi connectivity index (χ1) is 12.4. The monoisotopic (exact) mass is 353 g/mol. The van der Waals surface area contributed by atoms with E-state index in [0.29, 0.717) is 17.3 Å². The van der Waals surface area contributed by atoms with Crippen LogP contribution in [0.2, 0.25) is 0 Å². The van der Waals surface area contributed by atoms with Crippen molar-refractivity contribution in [1.82, 2.24) is 4.98 Å². The fraction of sp³-hybridized carbons (Fsp3) is 0.696. The topological polar surface area (TPSA) is 46.3 Å². The van der Waals surface area contributed by atoms with E-state index in [-0.39, 0.29) is 11.5 Å². The Labute approximate surface area is 156 Å². The van der Waals surface area contributed by atoms with Crippen LogP contribution in [0.4, 0.5) is 0 Å². The smallest absolute Gasteiger partial charge is 0.181 e. The van der Waals surface area contributed by atoms with Crippen LogP contribution >= 0.6 is 0 Å². The summed E-state index contributed by atoms with van der Waals surface area (Å²) >= 11 is 0. The molecule has 1 N–H and O–H groups in total. The van der Waals surface area contributed by atoms with Crippen LogP contribution in [0.1, 0.15) is 65.0 Å². The number of nitrogens with zero attached hydrogens (tertiary/aromatic N) is 1. The number of allylic oxidation sites excluding steroid dienone is 3. The molecule has 4 aliphatic rings. The molecule has 0 unspecified atom stereocenters. The van der Waals surface area contributed by atoms with E-state index in [0.717, 1.165) is 36.8 Å². The van der Waals surface area contributed by atoms with Crippen LogP contribution in [0.3, 0.4) is 0 Å². The maximum atomic E-state index is 10.2. The highest BCUT2D eigenvalue weighted by atomic mass is 16.3. The zero-order valence-electron chi connectivity index (χ0n) is 16.2. The first-order valence-corrected chi connectivity index (χ1v) is 10.4. The van der Waals surface area contributed by atoms with Gasteiger partial charge in [-0.2, -0.15) is 0 Å². The summed E-state index contributed by atoms with van der Waals surface area (Å²) in [6.07, 6.45) is 15.0. The zero-order chi connectivity index (χ0) is 18.1. The van der Waals surface area contributed by atoms with Gasteiger partial charge in [0.2, 0.25) is 0 Å². The third-order valence-electron chi connectivity index (χ3n) is 8.70. The Hall–Kier alpha value is -1.35. The fourth-order valence-electron chi connectivity index (χ4n) is 7.31. The molecule has 0 bridgehead atoms. The van der Waals surface area contributed by atoms with Gasteiger partial charge in [-0.05, 0) is 78.6 Å². The SMILES string of the molecule is C[C@@H]1C=C2C[C@@H](O)CC[C@]2(C)[C@H]2CC[C@]3(C)C(c4cocn4)=CC[C@H]3[C@H]12. The molecule has 0 spiro atoms. The average Bonchev–Trinajstić information content (AvgIpc) is 3.23. The average molecular weight is 354 g/mol. The van der Waals surface area contributed by atoms with Crippen LogP contribution in [-0.2, 0) is 0 Å². The molecular formula is C23H31NO2. The second-order valence-electron chi connectivity index (χ2n) is 9.84. The Morgan fingerprint density at radius 2 is 1.96 bits per heavy atom. The second kappa shape index (κ2) is 5.58. The molecule has 4 aliphatic carbocycles. The van der Waals surface area contributed by atoms with Crippen LogP contribution in [0, 0.1) is 34.5 Å². The van der Waals surface area contributed by atoms with Gasteiger partial charge in [-0.3, -0.25) is 0 Å². The highest BCUT2D eigenvalue weighted by molar-refractivity contribution is 5.70. The van der Waals surface area contributed by atoms with E-state index in [4.69, 9.17) is 4.42 Å². The number of aliphatic hydroxyl groups excluding tert-OH is 1. The summed E-state index contributed by atoms with van der Waals surface area (Å²) < 4.78 is 5.29. The molecular weight excluding hydrogens is 322 g/mol. The lowest BCUT2D eigenvalue weighted by Gasteiger charge is -2.59. The maximum absolute atomic E-state index is 10.2. The Balaban J connectivity index is 1.52. The summed E-state index contributed by atoms with van der Waals surface area (Å²) in [6, 6.07) is 0. The minimum Gasteiger partial charge on any atom is -0.451 e. The lowest BCUT2D eigenvalue weighted by molar-refractivity contribution is -0.0426. The van der Waals surface area contributed by atoms with Gasteiger partial charge < -0.3 is 9.52 Å². The fourth-order valence-corrected chi connectivity index (χ4v) is 7.31. The van der Waals surface area contributed by atoms with Crippen molar-refractivity contribution >= 4 is 5.57 Å². The van der Waals surface area contributed by atoms with Crippen LogP contribution in [0.15, 0.2) is 34.8 Å². The molecule has 1 aromatic rings. The van der Waals surface area contributed by atoms with Crippen LogP contribution in [0.5, 0.6) is 0 Å². The second-order valence-corrected chi connectivity index (χ2v) is 9.84. The molecule has 26 heavy (non-hydrogen) atoms. The van der Waals surface area contributed by atoms with Gasteiger partial charge in [-0.25, -0.2) is 4.98 Å². The van der Waals surface area contributed by atoms with E-state index < -0.39 is 0 Å². The van der Waals surface area contributed by atoms with Gasteiger partial charge in [0.05, 0.1) is 6.10 Å². The van der Waals surface area contributed by atoms with Crippen molar-refractivity contribution in [3.05, 3.63) is 36.1 Å². The van der Waals surface area contributed by atoms with Crippen molar-refractivity contribution in [2.75, 3.05) is 0 Å². The normalized spacial score (nSPS) is 47.5. The van der Waals surface area contributed by atoms with Gasteiger partial charge in [0.1, 0.15) is 12.0 Å². The van der Waals surface area contributed by atoms with Gasteiger partial charge in [0.25, 0.3) is 0 Å². The van der Waals surface area contributed by atoms with Crippen molar-refractivity contribution in [3.63, 3.8) is 0 Å². The number of aliphatic hydroxyl groups is 1. The molecule has 7 atom stereocenters. The predicted octanol–water partition coefficient (Wildman–Crippen LogP) is 5.24. The van der Waals surface area contributed by atoms with Crippen molar-refractivity contribution in [3.8, 4) is 0 Å². The zero-order valence-corrected chi connectivity index (χ0v) is 16.2. The first kappa shape index (κ1) is 16.8. The Kier molecular flexibility index (Phi) is 3.60. The van der Waals surface area contributed by atoms with E-state index in [9.17, 15) is 5.11 Å². The molecule has 5 rings (SSSR count). The largest absolute Gasteiger partial charge is 0.451 e. The van der Waals surface area contributed by atoms with Crippen LogP contribution in [0.25, 0.3) is 5.57 Å². The predicted molar refractivity (Wildman–Crippen MR) is 102 cm³/mol. The van der Waals surface area contributed by atoms with Crippen molar-refractivity contribution in [1.29, 1.82) is 0 Å². The summed E-state index contributed by atoms with van der Waals surface area (Å²) in [5, 5.41) is 10.2. The summed E-state index contributed by atoms with van der Waals surface area (Å²) in [5.41, 5.74) is 4.54. The third-order valence-corrected chi connectivity index (χ3v) is 8.70. The Bertz CT molecular complexity index is 763. The van der Waals surface area contributed by atoms with E-state index in [1.165, 1.54) is 24.8 Å². The van der Waals surface area contributed by atoms with Crippen molar-refractivity contribution in [2.24, 2.45) is 34.5 Å². The minimum atomic E-state index is -0.126. The molecule has 3 heteroatoms. The molecule has 1 aromatic heterocycles. The summed E-state index contributed by atoms with van der Waals surface area (Å²) in [5.74, 6) is 2.79. The number of rotatable bonds is 1. The van der Waals surface area contributed by atoms with E-state index in [1.807, 2.05) is 6.26 Å². The number of oxazole rings is 1. The molecule has 2 fully saturated rings. The lowest BCUT2D eigenvalue weighted by atomic mass is 9.45. The van der Waals surface area contributed by atoms with E-state index in [1.54, 1.807) is 12.0 Å². The maximum Gasteiger partial charge on any atom is 0.181 e. The summed E-state index contributed by atoms with van der Waals surface area (Å²) in [6.45, 7) is 7.39. The van der Waals surface area contributed by atoms with Crippen molar-refractivity contribution in [2.45, 2.75) is 65.4 Å². The van der Waals surface area contributed by atoms with Gasteiger partial charge >= 0.3 is 0 Å². The summed E-state index contributed by atoms with van der Waals surface area (Å²) in [7, 11) is 0. The first-order valence-electron chi connectivity index (χ1n) is 10.4. The molecule has 0 aromatic carbocycles. The van der Waals surface area contributed by atoms with E-state index >= 15 is 0 Å². The summed E-state index contributed by atoms with van der Waals surface area (Å²) in [4.78, 5) is 4.47. The lowest BCUT2D eigenvalue weighted by Crippen LogP contribution is -2.52. The molecule has 1 heterocycles. The number of aromatic nitrogens is 1.